The monoisotopic (exact) mass is 406 g/mol. The van der Waals surface area contributed by atoms with Gasteiger partial charge in [-0.2, -0.15) is 0 Å². The topological polar surface area (TPSA) is 72.2 Å². The van der Waals surface area contributed by atoms with E-state index in [0.29, 0.717) is 11.3 Å². The van der Waals surface area contributed by atoms with Crippen LogP contribution in [0.3, 0.4) is 0 Å². The molecular formula is C13H12FIN2O2S. The van der Waals surface area contributed by atoms with E-state index >= 15 is 0 Å². The van der Waals surface area contributed by atoms with Gasteiger partial charge in [0.15, 0.2) is 0 Å². The number of nitrogen functional groups attached to an aromatic ring is 1. The molecule has 0 aliphatic heterocycles. The minimum atomic E-state index is -4.01. The highest BCUT2D eigenvalue weighted by Crippen LogP contribution is 2.24. The highest BCUT2D eigenvalue weighted by Gasteiger charge is 2.20. The molecule has 0 unspecified atom stereocenters. The van der Waals surface area contributed by atoms with Crippen molar-refractivity contribution in [3.63, 3.8) is 0 Å². The van der Waals surface area contributed by atoms with Crippen molar-refractivity contribution in [2.75, 3.05) is 10.5 Å². The van der Waals surface area contributed by atoms with Gasteiger partial charge in [0.2, 0.25) is 0 Å². The summed E-state index contributed by atoms with van der Waals surface area (Å²) in [6.07, 6.45) is 0. The fourth-order valence-corrected chi connectivity index (χ4v) is 3.32. The summed E-state index contributed by atoms with van der Waals surface area (Å²) >= 11 is 2.06. The maximum Gasteiger partial charge on any atom is 0.264 e. The van der Waals surface area contributed by atoms with Crippen LogP contribution in [0.25, 0.3) is 0 Å². The van der Waals surface area contributed by atoms with Crippen LogP contribution in [0.4, 0.5) is 15.8 Å². The van der Waals surface area contributed by atoms with E-state index in [0.717, 1.165) is 15.7 Å². The van der Waals surface area contributed by atoms with E-state index in [4.69, 9.17) is 5.73 Å². The van der Waals surface area contributed by atoms with Gasteiger partial charge in [0.05, 0.1) is 0 Å². The summed E-state index contributed by atoms with van der Waals surface area (Å²) in [7, 11) is -4.01. The van der Waals surface area contributed by atoms with Gasteiger partial charge in [-0.25, -0.2) is 12.8 Å². The van der Waals surface area contributed by atoms with Gasteiger partial charge in [-0.15, -0.1) is 0 Å². The van der Waals surface area contributed by atoms with Crippen LogP contribution in [0.1, 0.15) is 5.56 Å². The van der Waals surface area contributed by atoms with Crippen molar-refractivity contribution < 1.29 is 12.8 Å². The first-order valence-corrected chi connectivity index (χ1v) is 8.20. The Bertz CT molecular complexity index is 763. The fraction of sp³-hybridized carbons (Fsp3) is 0.0769. The number of hydrogen-bond acceptors (Lipinski definition) is 3. The number of benzene rings is 2. The van der Waals surface area contributed by atoms with Crippen molar-refractivity contribution >= 4 is 44.0 Å². The Morgan fingerprint density at radius 1 is 1.25 bits per heavy atom. The maximum absolute atomic E-state index is 13.8. The lowest BCUT2D eigenvalue weighted by molar-refractivity contribution is 0.570. The summed E-state index contributed by atoms with van der Waals surface area (Å²) in [6.45, 7) is 1.61. The Morgan fingerprint density at radius 3 is 2.60 bits per heavy atom. The van der Waals surface area contributed by atoms with E-state index in [-0.39, 0.29) is 5.69 Å². The van der Waals surface area contributed by atoms with Crippen molar-refractivity contribution in [1.29, 1.82) is 0 Å². The highest BCUT2D eigenvalue weighted by atomic mass is 127. The normalized spacial score (nSPS) is 11.3. The average Bonchev–Trinajstić information content (AvgIpc) is 2.33. The minimum Gasteiger partial charge on any atom is -0.398 e. The first-order chi connectivity index (χ1) is 9.29. The first-order valence-electron chi connectivity index (χ1n) is 5.63. The lowest BCUT2D eigenvalue weighted by Gasteiger charge is -2.11. The van der Waals surface area contributed by atoms with Gasteiger partial charge in [0.25, 0.3) is 10.0 Å². The van der Waals surface area contributed by atoms with Crippen LogP contribution < -0.4 is 10.5 Å². The molecule has 0 amide bonds. The van der Waals surface area contributed by atoms with Gasteiger partial charge in [-0.05, 0) is 65.4 Å². The second kappa shape index (κ2) is 5.57. The molecule has 0 saturated heterocycles. The second-order valence-corrected chi connectivity index (χ2v) is 7.15. The Hall–Kier alpha value is -1.35. The van der Waals surface area contributed by atoms with Crippen LogP contribution >= 0.6 is 22.6 Å². The van der Waals surface area contributed by atoms with Crippen molar-refractivity contribution in [2.45, 2.75) is 11.8 Å². The van der Waals surface area contributed by atoms with E-state index < -0.39 is 20.7 Å². The predicted molar refractivity (Wildman–Crippen MR) is 85.5 cm³/mol. The molecule has 106 valence electrons. The molecule has 2 aromatic carbocycles. The molecule has 2 aromatic rings. The Labute approximate surface area is 130 Å². The number of sulfonamides is 1. The molecule has 4 nitrogen and oxygen atoms in total. The molecule has 0 bridgehead atoms. The number of anilines is 2. The van der Waals surface area contributed by atoms with Crippen LogP contribution in [0, 0.1) is 16.3 Å². The van der Waals surface area contributed by atoms with Crippen molar-refractivity contribution in [3.05, 3.63) is 51.3 Å². The maximum atomic E-state index is 13.8. The van der Waals surface area contributed by atoms with Gasteiger partial charge in [0, 0.05) is 14.9 Å². The molecule has 0 aliphatic carbocycles. The summed E-state index contributed by atoms with van der Waals surface area (Å²) < 4.78 is 41.4. The van der Waals surface area contributed by atoms with Crippen molar-refractivity contribution in [2.24, 2.45) is 0 Å². The number of hydrogen-bond donors (Lipinski definition) is 2. The van der Waals surface area contributed by atoms with E-state index in [1.807, 2.05) is 6.07 Å². The third-order valence-electron chi connectivity index (χ3n) is 2.69. The third kappa shape index (κ3) is 3.21. The predicted octanol–water partition coefficient (Wildman–Crippen LogP) is 3.12. The lowest BCUT2D eigenvalue weighted by atomic mass is 10.2. The lowest BCUT2D eigenvalue weighted by Crippen LogP contribution is -2.15. The van der Waals surface area contributed by atoms with E-state index in [2.05, 4.69) is 27.3 Å². The SMILES string of the molecule is Cc1cc(F)c(S(=O)(=O)Nc2cccc(I)c2)cc1N. The number of halogens is 2. The van der Waals surface area contributed by atoms with Crippen molar-refractivity contribution in [3.8, 4) is 0 Å². The molecule has 0 fully saturated rings. The van der Waals surface area contributed by atoms with E-state index in [9.17, 15) is 12.8 Å². The quantitative estimate of drug-likeness (QED) is 0.608. The van der Waals surface area contributed by atoms with Crippen LogP contribution in [-0.2, 0) is 10.0 Å². The summed E-state index contributed by atoms with van der Waals surface area (Å²) in [4.78, 5) is -0.459. The zero-order valence-electron chi connectivity index (χ0n) is 10.5. The van der Waals surface area contributed by atoms with Gasteiger partial charge in [-0.1, -0.05) is 6.07 Å². The molecule has 3 N–H and O–H groups in total. The molecule has 0 saturated carbocycles. The molecule has 0 spiro atoms. The van der Waals surface area contributed by atoms with Gasteiger partial charge in [0.1, 0.15) is 10.7 Å². The molecule has 2 rings (SSSR count). The van der Waals surface area contributed by atoms with Crippen LogP contribution in [0.15, 0.2) is 41.3 Å². The second-order valence-electron chi connectivity index (χ2n) is 4.26. The molecule has 0 radical (unpaired) electrons. The molecule has 0 aromatic heterocycles. The van der Waals surface area contributed by atoms with Gasteiger partial charge >= 0.3 is 0 Å². The molecular weight excluding hydrogens is 394 g/mol. The zero-order valence-corrected chi connectivity index (χ0v) is 13.5. The molecule has 0 atom stereocenters. The molecule has 20 heavy (non-hydrogen) atoms. The summed E-state index contributed by atoms with van der Waals surface area (Å²) in [5, 5.41) is 0. The van der Waals surface area contributed by atoms with E-state index in [1.54, 1.807) is 25.1 Å². The Morgan fingerprint density at radius 2 is 1.95 bits per heavy atom. The van der Waals surface area contributed by atoms with Crippen molar-refractivity contribution in [1.82, 2.24) is 0 Å². The summed E-state index contributed by atoms with van der Waals surface area (Å²) in [5.41, 5.74) is 6.74. The Kier molecular flexibility index (Phi) is 4.19. The smallest absolute Gasteiger partial charge is 0.264 e. The van der Waals surface area contributed by atoms with Gasteiger partial charge < -0.3 is 5.73 Å². The van der Waals surface area contributed by atoms with Crippen LogP contribution in [-0.4, -0.2) is 8.42 Å². The number of nitrogens with two attached hydrogens (primary N) is 1. The standard InChI is InChI=1S/C13H12FIN2O2S/c1-8-5-11(14)13(7-12(8)16)20(18,19)17-10-4-2-3-9(15)6-10/h2-7,17H,16H2,1H3. The zero-order chi connectivity index (χ0) is 14.9. The number of aryl methyl sites for hydroxylation is 1. The highest BCUT2D eigenvalue weighted by molar-refractivity contribution is 14.1. The number of nitrogens with one attached hydrogen (secondary N) is 1. The third-order valence-corrected chi connectivity index (χ3v) is 4.75. The fourth-order valence-electron chi connectivity index (χ4n) is 1.64. The molecule has 7 heteroatoms. The Balaban J connectivity index is 2.43. The summed E-state index contributed by atoms with van der Waals surface area (Å²) in [5.74, 6) is -0.824. The average molecular weight is 406 g/mol. The van der Waals surface area contributed by atoms with Gasteiger partial charge in [-0.3, -0.25) is 4.72 Å². The molecule has 0 heterocycles. The minimum absolute atomic E-state index is 0.231. The number of rotatable bonds is 3. The van der Waals surface area contributed by atoms with Crippen LogP contribution in [0.2, 0.25) is 0 Å². The van der Waals surface area contributed by atoms with E-state index in [1.165, 1.54) is 0 Å². The van der Waals surface area contributed by atoms with Crippen LogP contribution in [0.5, 0.6) is 0 Å². The summed E-state index contributed by atoms with van der Waals surface area (Å²) in [6, 6.07) is 9.00. The molecule has 0 aliphatic rings. The first kappa shape index (κ1) is 15.0. The largest absolute Gasteiger partial charge is 0.398 e.